The summed E-state index contributed by atoms with van der Waals surface area (Å²) in [5.41, 5.74) is 3.63. The zero-order valence-corrected chi connectivity index (χ0v) is 16.2. The second-order valence-electron chi connectivity index (χ2n) is 8.07. The molecule has 0 bridgehead atoms. The SMILES string of the molecule is C[C@@H](CN1CCCC1)C(=O)N1CCC(c2[nH]ncc2-c2ccccc2)CC1. The Morgan fingerprint density at radius 3 is 2.56 bits per heavy atom. The van der Waals surface area contributed by atoms with Crippen molar-refractivity contribution in [3.63, 3.8) is 0 Å². The van der Waals surface area contributed by atoms with Crippen molar-refractivity contribution < 1.29 is 4.79 Å². The van der Waals surface area contributed by atoms with E-state index in [0.717, 1.165) is 45.6 Å². The molecule has 0 saturated carbocycles. The van der Waals surface area contributed by atoms with Crippen LogP contribution in [0.1, 0.15) is 44.2 Å². The number of aromatic nitrogens is 2. The fraction of sp³-hybridized carbons (Fsp3) is 0.545. The molecule has 2 aliphatic rings. The van der Waals surface area contributed by atoms with Gasteiger partial charge in [-0.2, -0.15) is 5.10 Å². The van der Waals surface area contributed by atoms with E-state index in [1.807, 2.05) is 12.3 Å². The summed E-state index contributed by atoms with van der Waals surface area (Å²) >= 11 is 0. The van der Waals surface area contributed by atoms with Crippen LogP contribution < -0.4 is 0 Å². The fourth-order valence-electron chi connectivity index (χ4n) is 4.59. The largest absolute Gasteiger partial charge is 0.342 e. The van der Waals surface area contributed by atoms with Gasteiger partial charge in [-0.05, 0) is 44.3 Å². The van der Waals surface area contributed by atoms with Gasteiger partial charge in [-0.1, -0.05) is 37.3 Å². The number of H-pyrrole nitrogens is 1. The maximum atomic E-state index is 12.8. The van der Waals surface area contributed by atoms with Gasteiger partial charge in [0.05, 0.1) is 6.20 Å². The number of amides is 1. The Hall–Kier alpha value is -2.14. The number of benzene rings is 1. The summed E-state index contributed by atoms with van der Waals surface area (Å²) in [5, 5.41) is 7.53. The quantitative estimate of drug-likeness (QED) is 0.881. The Morgan fingerprint density at radius 1 is 1.15 bits per heavy atom. The minimum Gasteiger partial charge on any atom is -0.342 e. The molecule has 1 amide bonds. The van der Waals surface area contributed by atoms with Crippen molar-refractivity contribution in [3.05, 3.63) is 42.2 Å². The summed E-state index contributed by atoms with van der Waals surface area (Å²) in [5.74, 6) is 0.876. The fourth-order valence-corrected chi connectivity index (χ4v) is 4.59. The highest BCUT2D eigenvalue weighted by Crippen LogP contribution is 2.34. The average Bonchev–Trinajstić information content (AvgIpc) is 3.40. The van der Waals surface area contributed by atoms with E-state index >= 15 is 0 Å². The lowest BCUT2D eigenvalue weighted by Gasteiger charge is -2.34. The van der Waals surface area contributed by atoms with Gasteiger partial charge in [-0.15, -0.1) is 0 Å². The first-order valence-corrected chi connectivity index (χ1v) is 10.3. The van der Waals surface area contributed by atoms with Crippen LogP contribution in [0.5, 0.6) is 0 Å². The van der Waals surface area contributed by atoms with E-state index in [-0.39, 0.29) is 5.92 Å². The minimum atomic E-state index is 0.103. The van der Waals surface area contributed by atoms with E-state index < -0.39 is 0 Å². The summed E-state index contributed by atoms with van der Waals surface area (Å²) < 4.78 is 0. The molecule has 144 valence electrons. The number of likely N-dealkylation sites (tertiary alicyclic amines) is 2. The molecule has 1 aromatic heterocycles. The summed E-state index contributed by atoms with van der Waals surface area (Å²) in [7, 11) is 0. The molecule has 0 unspecified atom stereocenters. The lowest BCUT2D eigenvalue weighted by molar-refractivity contribution is -0.136. The monoisotopic (exact) mass is 366 g/mol. The van der Waals surface area contributed by atoms with Gasteiger partial charge in [0.1, 0.15) is 0 Å². The van der Waals surface area contributed by atoms with Crippen molar-refractivity contribution in [2.45, 2.75) is 38.5 Å². The highest BCUT2D eigenvalue weighted by atomic mass is 16.2. The average molecular weight is 367 g/mol. The molecular formula is C22H30N4O. The van der Waals surface area contributed by atoms with Crippen molar-refractivity contribution in [1.82, 2.24) is 20.0 Å². The summed E-state index contributed by atoms with van der Waals surface area (Å²) in [6, 6.07) is 10.4. The number of carbonyl (C=O) groups is 1. The van der Waals surface area contributed by atoms with Crippen LogP contribution in [0, 0.1) is 5.92 Å². The van der Waals surface area contributed by atoms with E-state index in [1.54, 1.807) is 0 Å². The molecule has 1 aromatic carbocycles. The normalized spacial score (nSPS) is 20.1. The third-order valence-corrected chi connectivity index (χ3v) is 6.12. The van der Waals surface area contributed by atoms with Gasteiger partial charge in [-0.25, -0.2) is 0 Å². The van der Waals surface area contributed by atoms with Crippen LogP contribution in [0.3, 0.4) is 0 Å². The molecular weight excluding hydrogens is 336 g/mol. The zero-order chi connectivity index (χ0) is 18.6. The number of nitrogens with one attached hydrogen (secondary N) is 1. The van der Waals surface area contributed by atoms with Crippen molar-refractivity contribution in [2.24, 2.45) is 5.92 Å². The van der Waals surface area contributed by atoms with Crippen molar-refractivity contribution in [3.8, 4) is 11.1 Å². The lowest BCUT2D eigenvalue weighted by Crippen LogP contribution is -2.43. The Morgan fingerprint density at radius 2 is 1.85 bits per heavy atom. The molecule has 5 heteroatoms. The maximum Gasteiger partial charge on any atom is 0.226 e. The smallest absolute Gasteiger partial charge is 0.226 e. The van der Waals surface area contributed by atoms with E-state index in [4.69, 9.17) is 0 Å². The maximum absolute atomic E-state index is 12.8. The standard InChI is InChI=1S/C22H30N4O/c1-17(16-25-11-5-6-12-25)22(27)26-13-9-19(10-14-26)21-20(15-23-24-21)18-7-3-2-4-8-18/h2-4,7-8,15,17,19H,5-6,9-14,16H2,1H3,(H,23,24)/t17-/m0/s1. The second-order valence-corrected chi connectivity index (χ2v) is 8.07. The number of aromatic amines is 1. The Balaban J connectivity index is 1.35. The molecule has 0 aliphatic carbocycles. The van der Waals surface area contributed by atoms with Crippen LogP contribution in [-0.2, 0) is 4.79 Å². The zero-order valence-electron chi connectivity index (χ0n) is 16.2. The number of rotatable bonds is 5. The molecule has 27 heavy (non-hydrogen) atoms. The Kier molecular flexibility index (Phi) is 5.58. The third-order valence-electron chi connectivity index (χ3n) is 6.12. The molecule has 5 nitrogen and oxygen atoms in total. The second kappa shape index (κ2) is 8.26. The minimum absolute atomic E-state index is 0.103. The van der Waals surface area contributed by atoms with E-state index in [2.05, 4.69) is 51.2 Å². The molecule has 1 N–H and O–H groups in total. The highest BCUT2D eigenvalue weighted by molar-refractivity contribution is 5.79. The molecule has 2 saturated heterocycles. The third kappa shape index (κ3) is 4.08. The van der Waals surface area contributed by atoms with Gasteiger partial charge in [0.25, 0.3) is 0 Å². The van der Waals surface area contributed by atoms with Crippen molar-refractivity contribution in [2.75, 3.05) is 32.7 Å². The van der Waals surface area contributed by atoms with Gasteiger partial charge in [0, 0.05) is 42.7 Å². The summed E-state index contributed by atoms with van der Waals surface area (Å²) in [6.45, 7) is 7.01. The van der Waals surface area contributed by atoms with Crippen molar-refractivity contribution in [1.29, 1.82) is 0 Å². The molecule has 3 heterocycles. The molecule has 0 radical (unpaired) electrons. The van der Waals surface area contributed by atoms with E-state index in [0.29, 0.717) is 11.8 Å². The Bertz CT molecular complexity index is 743. The number of hydrogen-bond donors (Lipinski definition) is 1. The van der Waals surface area contributed by atoms with Crippen LogP contribution in [0.25, 0.3) is 11.1 Å². The predicted molar refractivity (Wildman–Crippen MR) is 107 cm³/mol. The molecule has 2 aliphatic heterocycles. The van der Waals surface area contributed by atoms with Crippen molar-refractivity contribution >= 4 is 5.91 Å². The number of hydrogen-bond acceptors (Lipinski definition) is 3. The van der Waals surface area contributed by atoms with E-state index in [1.165, 1.54) is 29.7 Å². The van der Waals surface area contributed by atoms with Gasteiger partial charge >= 0.3 is 0 Å². The van der Waals surface area contributed by atoms with Crippen LogP contribution in [-0.4, -0.2) is 58.6 Å². The van der Waals surface area contributed by atoms with Crippen LogP contribution in [0.2, 0.25) is 0 Å². The summed E-state index contributed by atoms with van der Waals surface area (Å²) in [4.78, 5) is 17.4. The topological polar surface area (TPSA) is 52.2 Å². The van der Waals surface area contributed by atoms with Gasteiger partial charge in [0.2, 0.25) is 5.91 Å². The summed E-state index contributed by atoms with van der Waals surface area (Å²) in [6.07, 6.45) is 6.50. The first-order valence-electron chi connectivity index (χ1n) is 10.3. The Labute approximate surface area is 161 Å². The van der Waals surface area contributed by atoms with E-state index in [9.17, 15) is 4.79 Å². The number of nitrogens with zero attached hydrogens (tertiary/aromatic N) is 3. The van der Waals surface area contributed by atoms with Gasteiger partial charge in [-0.3, -0.25) is 9.89 Å². The molecule has 4 rings (SSSR count). The lowest BCUT2D eigenvalue weighted by atomic mass is 9.89. The number of piperidine rings is 1. The van der Waals surface area contributed by atoms with Crippen LogP contribution in [0.4, 0.5) is 0 Å². The predicted octanol–water partition coefficient (Wildman–Crippen LogP) is 3.51. The molecule has 2 aromatic rings. The number of carbonyl (C=O) groups excluding carboxylic acids is 1. The van der Waals surface area contributed by atoms with Crippen LogP contribution in [0.15, 0.2) is 36.5 Å². The first-order chi connectivity index (χ1) is 13.2. The first kappa shape index (κ1) is 18.2. The highest BCUT2D eigenvalue weighted by Gasteiger charge is 2.29. The molecule has 1 atom stereocenters. The molecule has 2 fully saturated rings. The van der Waals surface area contributed by atoms with Gasteiger partial charge in [0.15, 0.2) is 0 Å². The van der Waals surface area contributed by atoms with Crippen LogP contribution >= 0.6 is 0 Å². The molecule has 0 spiro atoms. The van der Waals surface area contributed by atoms with Gasteiger partial charge < -0.3 is 9.80 Å².